The van der Waals surface area contributed by atoms with Crippen LogP contribution in [0.5, 0.6) is 0 Å². The van der Waals surface area contributed by atoms with E-state index < -0.39 is 0 Å². The highest BCUT2D eigenvalue weighted by atomic mass is 16.5. The second kappa shape index (κ2) is 9.21. The van der Waals surface area contributed by atoms with Gasteiger partial charge in [0.1, 0.15) is 0 Å². The highest BCUT2D eigenvalue weighted by Crippen LogP contribution is 2.32. The quantitative estimate of drug-likeness (QED) is 0.326. The normalized spacial score (nSPS) is 14.0. The van der Waals surface area contributed by atoms with Crippen LogP contribution in [0.2, 0.25) is 0 Å². The van der Waals surface area contributed by atoms with Gasteiger partial charge in [0.2, 0.25) is 0 Å². The van der Waals surface area contributed by atoms with Crippen LogP contribution >= 0.6 is 0 Å². The summed E-state index contributed by atoms with van der Waals surface area (Å²) in [6.07, 6.45) is 7.53. The van der Waals surface area contributed by atoms with Gasteiger partial charge in [0.05, 0.1) is 6.61 Å². The van der Waals surface area contributed by atoms with Crippen molar-refractivity contribution in [2.24, 2.45) is 0 Å². The Kier molecular flexibility index (Phi) is 7.83. The molecule has 0 bridgehead atoms. The molecule has 0 radical (unpaired) electrons. The summed E-state index contributed by atoms with van der Waals surface area (Å²) in [7, 11) is 0. The van der Waals surface area contributed by atoms with Gasteiger partial charge >= 0.3 is 5.97 Å². The minimum atomic E-state index is -0.298. The molecule has 2 heteroatoms. The standard InChI is InChI=1S/C25H36O2/c1-10-27-23(26)14-18(2)12-11-13-19(3)20-15-21(24(4,5)6)17-22(16-20)25(7,8)9/h11-17H,10H2,1-9H3/b12-11+,18-14+,19-13-. The molecule has 2 nitrogen and oxygen atoms in total. The smallest absolute Gasteiger partial charge is 0.330 e. The molecule has 0 atom stereocenters. The number of hydrogen-bond acceptors (Lipinski definition) is 2. The third kappa shape index (κ3) is 7.58. The van der Waals surface area contributed by atoms with E-state index in [4.69, 9.17) is 4.74 Å². The maximum absolute atomic E-state index is 11.5. The maximum atomic E-state index is 11.5. The molecule has 0 heterocycles. The summed E-state index contributed by atoms with van der Waals surface area (Å²) in [4.78, 5) is 11.5. The van der Waals surface area contributed by atoms with Crippen molar-refractivity contribution in [2.45, 2.75) is 73.1 Å². The van der Waals surface area contributed by atoms with Gasteiger partial charge in [-0.05, 0) is 59.4 Å². The molecular formula is C25H36O2. The van der Waals surface area contributed by atoms with Crippen molar-refractivity contribution in [3.63, 3.8) is 0 Å². The number of benzene rings is 1. The molecule has 0 aliphatic carbocycles. The molecule has 0 aromatic heterocycles. The second-order valence-electron chi connectivity index (χ2n) is 9.15. The lowest BCUT2D eigenvalue weighted by Gasteiger charge is -2.26. The van der Waals surface area contributed by atoms with Gasteiger partial charge in [0, 0.05) is 6.08 Å². The van der Waals surface area contributed by atoms with E-state index in [1.165, 1.54) is 28.3 Å². The molecule has 0 N–H and O–H groups in total. The molecule has 1 aromatic carbocycles. The van der Waals surface area contributed by atoms with Crippen LogP contribution in [0.1, 0.15) is 79.0 Å². The summed E-state index contributed by atoms with van der Waals surface area (Å²) in [5.74, 6) is -0.298. The first-order valence-electron chi connectivity index (χ1n) is 9.71. The zero-order valence-electron chi connectivity index (χ0n) is 18.6. The van der Waals surface area contributed by atoms with Crippen LogP contribution in [0.15, 0.2) is 48.1 Å². The molecule has 0 saturated carbocycles. The third-order valence-electron chi connectivity index (χ3n) is 4.46. The average molecular weight is 369 g/mol. The van der Waals surface area contributed by atoms with Crippen LogP contribution in [0.3, 0.4) is 0 Å². The molecule has 0 aliphatic rings. The van der Waals surface area contributed by atoms with Crippen molar-refractivity contribution in [2.75, 3.05) is 6.61 Å². The molecule has 0 amide bonds. The SMILES string of the molecule is CCOC(=O)/C=C(C)/C=C/C=C(/C)c1cc(C(C)(C)C)cc(C(C)(C)C)c1. The lowest BCUT2D eigenvalue weighted by Crippen LogP contribution is -2.16. The van der Waals surface area contributed by atoms with Gasteiger partial charge in [-0.15, -0.1) is 0 Å². The summed E-state index contributed by atoms with van der Waals surface area (Å²) in [5.41, 5.74) is 6.21. The summed E-state index contributed by atoms with van der Waals surface area (Å²) in [6.45, 7) is 19.7. The molecule has 0 saturated heterocycles. The van der Waals surface area contributed by atoms with E-state index in [-0.39, 0.29) is 16.8 Å². The fourth-order valence-electron chi connectivity index (χ4n) is 2.58. The Bertz CT molecular complexity index is 715. The molecule has 0 spiro atoms. The minimum Gasteiger partial charge on any atom is -0.463 e. The Balaban J connectivity index is 3.18. The van der Waals surface area contributed by atoms with Crippen molar-refractivity contribution in [3.8, 4) is 0 Å². The van der Waals surface area contributed by atoms with E-state index in [0.29, 0.717) is 6.61 Å². The van der Waals surface area contributed by atoms with Crippen molar-refractivity contribution in [3.05, 3.63) is 64.8 Å². The molecule has 1 rings (SSSR count). The maximum Gasteiger partial charge on any atom is 0.330 e. The van der Waals surface area contributed by atoms with Crippen LogP contribution < -0.4 is 0 Å². The molecule has 0 fully saturated rings. The first-order valence-corrected chi connectivity index (χ1v) is 9.71. The van der Waals surface area contributed by atoms with Gasteiger partial charge in [-0.2, -0.15) is 0 Å². The first-order chi connectivity index (χ1) is 12.3. The van der Waals surface area contributed by atoms with E-state index in [1.54, 1.807) is 6.92 Å². The van der Waals surface area contributed by atoms with E-state index >= 15 is 0 Å². The fourth-order valence-corrected chi connectivity index (χ4v) is 2.58. The molecular weight excluding hydrogens is 332 g/mol. The largest absolute Gasteiger partial charge is 0.463 e. The Labute approximate surface area is 166 Å². The van der Waals surface area contributed by atoms with E-state index in [2.05, 4.69) is 72.7 Å². The van der Waals surface area contributed by atoms with Crippen molar-refractivity contribution < 1.29 is 9.53 Å². The highest BCUT2D eigenvalue weighted by Gasteiger charge is 2.20. The molecule has 1 aromatic rings. The minimum absolute atomic E-state index is 0.102. The predicted molar refractivity (Wildman–Crippen MR) is 117 cm³/mol. The van der Waals surface area contributed by atoms with E-state index in [1.807, 2.05) is 19.1 Å². The highest BCUT2D eigenvalue weighted by molar-refractivity contribution is 5.83. The Morgan fingerprint density at radius 2 is 1.48 bits per heavy atom. The van der Waals surface area contributed by atoms with Gasteiger partial charge in [0.15, 0.2) is 0 Å². The Morgan fingerprint density at radius 3 is 1.93 bits per heavy atom. The van der Waals surface area contributed by atoms with Crippen LogP contribution in [0, 0.1) is 0 Å². The summed E-state index contributed by atoms with van der Waals surface area (Å²) < 4.78 is 4.93. The topological polar surface area (TPSA) is 26.3 Å². The van der Waals surface area contributed by atoms with Gasteiger partial charge in [0.25, 0.3) is 0 Å². The number of esters is 1. The zero-order valence-corrected chi connectivity index (χ0v) is 18.6. The summed E-state index contributed by atoms with van der Waals surface area (Å²) >= 11 is 0. The Morgan fingerprint density at radius 1 is 0.963 bits per heavy atom. The first kappa shape index (κ1) is 23.0. The van der Waals surface area contributed by atoms with Gasteiger partial charge in [-0.25, -0.2) is 4.79 Å². The lowest BCUT2D eigenvalue weighted by atomic mass is 9.79. The molecule has 0 aliphatic heterocycles. The summed E-state index contributed by atoms with van der Waals surface area (Å²) in [5, 5.41) is 0. The average Bonchev–Trinajstić information content (AvgIpc) is 2.52. The van der Waals surface area contributed by atoms with Crippen LogP contribution in [0.4, 0.5) is 0 Å². The fraction of sp³-hybridized carbons (Fsp3) is 0.480. The molecule has 0 unspecified atom stereocenters. The number of ether oxygens (including phenoxy) is 1. The van der Waals surface area contributed by atoms with E-state index in [9.17, 15) is 4.79 Å². The zero-order chi connectivity index (χ0) is 20.8. The van der Waals surface area contributed by atoms with Crippen molar-refractivity contribution in [1.29, 1.82) is 0 Å². The predicted octanol–water partition coefficient (Wildman–Crippen LogP) is 6.75. The molecule has 27 heavy (non-hydrogen) atoms. The Hall–Kier alpha value is -2.09. The lowest BCUT2D eigenvalue weighted by molar-refractivity contribution is -0.137. The third-order valence-corrected chi connectivity index (χ3v) is 4.46. The number of rotatable bonds is 5. The second-order valence-corrected chi connectivity index (χ2v) is 9.15. The van der Waals surface area contributed by atoms with Crippen molar-refractivity contribution >= 4 is 11.5 Å². The van der Waals surface area contributed by atoms with Crippen molar-refractivity contribution in [1.82, 2.24) is 0 Å². The van der Waals surface area contributed by atoms with E-state index in [0.717, 1.165) is 5.57 Å². The molecule has 148 valence electrons. The number of hydrogen-bond donors (Lipinski definition) is 0. The number of carbonyl (C=O) groups is 1. The van der Waals surface area contributed by atoms with Crippen LogP contribution in [-0.4, -0.2) is 12.6 Å². The number of carbonyl (C=O) groups excluding carboxylic acids is 1. The van der Waals surface area contributed by atoms with Gasteiger partial charge in [-0.3, -0.25) is 0 Å². The monoisotopic (exact) mass is 368 g/mol. The van der Waals surface area contributed by atoms with Gasteiger partial charge < -0.3 is 4.74 Å². The number of allylic oxidation sites excluding steroid dienone is 5. The summed E-state index contributed by atoms with van der Waals surface area (Å²) in [6, 6.07) is 6.91. The van der Waals surface area contributed by atoms with Gasteiger partial charge in [-0.1, -0.05) is 78.0 Å². The van der Waals surface area contributed by atoms with Crippen LogP contribution in [-0.2, 0) is 20.4 Å². The van der Waals surface area contributed by atoms with Crippen LogP contribution in [0.25, 0.3) is 5.57 Å².